The summed E-state index contributed by atoms with van der Waals surface area (Å²) in [4.78, 5) is 18.7. The van der Waals surface area contributed by atoms with Gasteiger partial charge in [0.25, 0.3) is 0 Å². The van der Waals surface area contributed by atoms with Crippen molar-refractivity contribution in [3.8, 4) is 0 Å². The van der Waals surface area contributed by atoms with Crippen LogP contribution in [0.5, 0.6) is 0 Å². The SMILES string of the molecule is Cc1ccc2c(n1)N[C@@]1(CC2)CCN(C(=O)OC(C)(C)C)C1. The Hall–Kier alpha value is -1.78. The molecule has 1 N–H and O–H groups in total. The van der Waals surface area contributed by atoms with Gasteiger partial charge < -0.3 is 15.0 Å². The predicted molar refractivity (Wildman–Crippen MR) is 86.1 cm³/mol. The van der Waals surface area contributed by atoms with Crippen molar-refractivity contribution >= 4 is 11.9 Å². The predicted octanol–water partition coefficient (Wildman–Crippen LogP) is 3.13. The smallest absolute Gasteiger partial charge is 0.410 e. The van der Waals surface area contributed by atoms with E-state index in [1.807, 2.05) is 32.6 Å². The fourth-order valence-electron chi connectivity index (χ4n) is 3.24. The van der Waals surface area contributed by atoms with Crippen molar-refractivity contribution < 1.29 is 9.53 Å². The van der Waals surface area contributed by atoms with E-state index in [-0.39, 0.29) is 11.6 Å². The van der Waals surface area contributed by atoms with Gasteiger partial charge in [0.05, 0.1) is 5.54 Å². The fourth-order valence-corrected chi connectivity index (χ4v) is 3.24. The molecule has 1 spiro atoms. The molecule has 2 aliphatic rings. The molecule has 0 unspecified atom stereocenters. The van der Waals surface area contributed by atoms with Gasteiger partial charge in [0.15, 0.2) is 0 Å². The van der Waals surface area contributed by atoms with Crippen molar-refractivity contribution in [2.45, 2.75) is 58.1 Å². The van der Waals surface area contributed by atoms with Crippen LogP contribution in [0, 0.1) is 6.92 Å². The molecule has 120 valence electrons. The van der Waals surface area contributed by atoms with Gasteiger partial charge in [0, 0.05) is 18.8 Å². The Morgan fingerprint density at radius 3 is 2.86 bits per heavy atom. The van der Waals surface area contributed by atoms with Crippen molar-refractivity contribution in [1.29, 1.82) is 0 Å². The number of hydrogen-bond donors (Lipinski definition) is 1. The maximum absolute atomic E-state index is 12.2. The molecule has 3 heterocycles. The van der Waals surface area contributed by atoms with Crippen molar-refractivity contribution in [2.75, 3.05) is 18.4 Å². The lowest BCUT2D eigenvalue weighted by atomic mass is 9.87. The second-order valence-electron chi connectivity index (χ2n) is 7.52. The Labute approximate surface area is 132 Å². The molecule has 0 radical (unpaired) electrons. The molecule has 1 aromatic heterocycles. The molecule has 3 rings (SSSR count). The van der Waals surface area contributed by atoms with Crippen LogP contribution in [-0.4, -0.2) is 40.2 Å². The van der Waals surface area contributed by atoms with E-state index in [0.29, 0.717) is 6.54 Å². The number of aryl methyl sites for hydroxylation is 2. The molecule has 0 aromatic carbocycles. The van der Waals surface area contributed by atoms with E-state index in [2.05, 4.69) is 22.4 Å². The highest BCUT2D eigenvalue weighted by Gasteiger charge is 2.43. The topological polar surface area (TPSA) is 54.5 Å². The number of aromatic nitrogens is 1. The maximum Gasteiger partial charge on any atom is 0.410 e. The number of nitrogens with zero attached hydrogens (tertiary/aromatic N) is 2. The molecule has 5 heteroatoms. The number of rotatable bonds is 0. The fraction of sp³-hybridized carbons (Fsp3) is 0.647. The van der Waals surface area contributed by atoms with Crippen LogP contribution in [0.2, 0.25) is 0 Å². The molecule has 1 aromatic rings. The van der Waals surface area contributed by atoms with Gasteiger partial charge in [-0.2, -0.15) is 0 Å². The van der Waals surface area contributed by atoms with Gasteiger partial charge in [-0.25, -0.2) is 9.78 Å². The summed E-state index contributed by atoms with van der Waals surface area (Å²) >= 11 is 0. The zero-order valence-corrected chi connectivity index (χ0v) is 13.9. The van der Waals surface area contributed by atoms with Crippen molar-refractivity contribution in [2.24, 2.45) is 0 Å². The minimum absolute atomic E-state index is 0.0509. The summed E-state index contributed by atoms with van der Waals surface area (Å²) in [6.07, 6.45) is 2.78. The summed E-state index contributed by atoms with van der Waals surface area (Å²) in [5, 5.41) is 3.60. The highest BCUT2D eigenvalue weighted by molar-refractivity contribution is 5.69. The van der Waals surface area contributed by atoms with E-state index >= 15 is 0 Å². The van der Waals surface area contributed by atoms with Crippen LogP contribution in [0.25, 0.3) is 0 Å². The van der Waals surface area contributed by atoms with Gasteiger partial charge in [0.1, 0.15) is 11.4 Å². The van der Waals surface area contributed by atoms with Gasteiger partial charge in [0.2, 0.25) is 0 Å². The zero-order valence-electron chi connectivity index (χ0n) is 13.9. The normalized spacial score (nSPS) is 24.1. The van der Waals surface area contributed by atoms with Crippen LogP contribution in [0.3, 0.4) is 0 Å². The number of fused-ring (bicyclic) bond motifs is 1. The first-order valence-corrected chi connectivity index (χ1v) is 7.99. The van der Waals surface area contributed by atoms with Crippen LogP contribution in [-0.2, 0) is 11.2 Å². The summed E-state index contributed by atoms with van der Waals surface area (Å²) in [5.41, 5.74) is 1.79. The van der Waals surface area contributed by atoms with Gasteiger partial charge in [-0.3, -0.25) is 0 Å². The van der Waals surface area contributed by atoms with Crippen molar-refractivity contribution in [3.63, 3.8) is 0 Å². The highest BCUT2D eigenvalue weighted by Crippen LogP contribution is 2.36. The second-order valence-corrected chi connectivity index (χ2v) is 7.52. The minimum atomic E-state index is -0.446. The average Bonchev–Trinajstić information content (AvgIpc) is 2.80. The van der Waals surface area contributed by atoms with Gasteiger partial charge in [-0.05, 0) is 58.6 Å². The lowest BCUT2D eigenvalue weighted by Crippen LogP contribution is -2.46. The highest BCUT2D eigenvalue weighted by atomic mass is 16.6. The first-order chi connectivity index (χ1) is 10.3. The van der Waals surface area contributed by atoms with Gasteiger partial charge >= 0.3 is 6.09 Å². The number of amides is 1. The number of hydrogen-bond acceptors (Lipinski definition) is 4. The summed E-state index contributed by atoms with van der Waals surface area (Å²) in [7, 11) is 0. The van der Waals surface area contributed by atoms with E-state index in [1.165, 1.54) is 5.56 Å². The summed E-state index contributed by atoms with van der Waals surface area (Å²) in [6.45, 7) is 9.14. The molecule has 1 saturated heterocycles. The Kier molecular flexibility index (Phi) is 3.54. The summed E-state index contributed by atoms with van der Waals surface area (Å²) in [6, 6.07) is 4.21. The summed E-state index contributed by atoms with van der Waals surface area (Å²) < 4.78 is 5.49. The third-order valence-electron chi connectivity index (χ3n) is 4.38. The van der Waals surface area contributed by atoms with Crippen LogP contribution in [0.4, 0.5) is 10.6 Å². The molecule has 0 bridgehead atoms. The molecule has 1 fully saturated rings. The number of anilines is 1. The zero-order chi connectivity index (χ0) is 16.0. The Bertz CT molecular complexity index is 594. The first kappa shape index (κ1) is 15.1. The monoisotopic (exact) mass is 303 g/mol. The molecular weight excluding hydrogens is 278 g/mol. The maximum atomic E-state index is 12.2. The third-order valence-corrected chi connectivity index (χ3v) is 4.38. The lowest BCUT2D eigenvalue weighted by molar-refractivity contribution is 0.0285. The molecule has 5 nitrogen and oxygen atoms in total. The van der Waals surface area contributed by atoms with E-state index in [4.69, 9.17) is 4.74 Å². The molecule has 22 heavy (non-hydrogen) atoms. The Morgan fingerprint density at radius 2 is 2.14 bits per heavy atom. The van der Waals surface area contributed by atoms with E-state index in [9.17, 15) is 4.79 Å². The van der Waals surface area contributed by atoms with Crippen LogP contribution in [0.15, 0.2) is 12.1 Å². The Balaban J connectivity index is 1.71. The largest absolute Gasteiger partial charge is 0.444 e. The molecule has 1 atom stereocenters. The van der Waals surface area contributed by atoms with Crippen LogP contribution in [0.1, 0.15) is 44.9 Å². The second kappa shape index (κ2) is 5.14. The number of ether oxygens (including phenoxy) is 1. The quantitative estimate of drug-likeness (QED) is 0.800. The van der Waals surface area contributed by atoms with E-state index < -0.39 is 5.60 Å². The first-order valence-electron chi connectivity index (χ1n) is 7.99. The summed E-state index contributed by atoms with van der Waals surface area (Å²) in [5.74, 6) is 0.984. The number of pyridine rings is 1. The van der Waals surface area contributed by atoms with Gasteiger partial charge in [-0.1, -0.05) is 6.07 Å². The number of nitrogens with one attached hydrogen (secondary N) is 1. The number of carbonyl (C=O) groups is 1. The number of carbonyl (C=O) groups excluding carboxylic acids is 1. The molecule has 2 aliphatic heterocycles. The molecule has 1 amide bonds. The third kappa shape index (κ3) is 3.03. The molecule has 0 aliphatic carbocycles. The van der Waals surface area contributed by atoms with Crippen LogP contribution < -0.4 is 5.32 Å². The number of likely N-dealkylation sites (tertiary alicyclic amines) is 1. The minimum Gasteiger partial charge on any atom is -0.444 e. The lowest BCUT2D eigenvalue weighted by Gasteiger charge is -2.36. The van der Waals surface area contributed by atoms with Crippen molar-refractivity contribution in [1.82, 2.24) is 9.88 Å². The van der Waals surface area contributed by atoms with E-state index in [1.54, 1.807) is 0 Å². The molecular formula is C17H25N3O2. The van der Waals surface area contributed by atoms with Crippen molar-refractivity contribution in [3.05, 3.63) is 23.4 Å². The average molecular weight is 303 g/mol. The Morgan fingerprint density at radius 1 is 1.36 bits per heavy atom. The van der Waals surface area contributed by atoms with Gasteiger partial charge in [-0.15, -0.1) is 0 Å². The van der Waals surface area contributed by atoms with E-state index in [0.717, 1.165) is 37.3 Å². The molecule has 0 saturated carbocycles. The standard InChI is InChI=1S/C17H25N3O2/c1-12-5-6-13-7-8-17(19-14(13)18-12)9-10-20(11-17)15(21)22-16(2,3)4/h5-6H,7-11H2,1-4H3,(H,18,19)/t17-/m0/s1. The van der Waals surface area contributed by atoms with Crippen LogP contribution >= 0.6 is 0 Å².